The Bertz CT molecular complexity index is 2820. The van der Waals surface area contributed by atoms with E-state index in [1.165, 1.54) is 15.5 Å². The lowest BCUT2D eigenvalue weighted by Gasteiger charge is -2.33. The summed E-state index contributed by atoms with van der Waals surface area (Å²) in [6.07, 6.45) is -0.827. The third-order valence-corrected chi connectivity index (χ3v) is 11.4. The highest BCUT2D eigenvalue weighted by Gasteiger charge is 2.39. The average Bonchev–Trinajstić information content (AvgIpc) is 3.78. The molecule has 1 saturated heterocycles. The van der Waals surface area contributed by atoms with Crippen LogP contribution in [0.4, 0.5) is 4.79 Å². The Hall–Kier alpha value is -7.10. The Kier molecular flexibility index (Phi) is 9.13. The molecule has 0 radical (unpaired) electrons. The lowest BCUT2D eigenvalue weighted by Crippen LogP contribution is -2.43. The monoisotopic (exact) mass is 800 g/mol. The van der Waals surface area contributed by atoms with Crippen molar-refractivity contribution in [1.29, 1.82) is 0 Å². The molecule has 16 heteroatoms. The van der Waals surface area contributed by atoms with Gasteiger partial charge in [0, 0.05) is 48.5 Å². The largest absolute Gasteiger partial charge is 0.508 e. The zero-order valence-electron chi connectivity index (χ0n) is 32.4. The van der Waals surface area contributed by atoms with Crippen molar-refractivity contribution in [3.8, 4) is 51.5 Å². The van der Waals surface area contributed by atoms with Crippen molar-refractivity contribution in [3.05, 3.63) is 109 Å². The summed E-state index contributed by atoms with van der Waals surface area (Å²) in [4.78, 5) is 59.8. The van der Waals surface area contributed by atoms with Crippen LogP contribution in [0.2, 0.25) is 0 Å². The maximum Gasteiger partial charge on any atom is 0.410 e. The van der Waals surface area contributed by atoms with Gasteiger partial charge in [-0.1, -0.05) is 20.8 Å². The van der Waals surface area contributed by atoms with E-state index < -0.39 is 23.9 Å². The Labute approximate surface area is 335 Å². The number of pyridine rings is 2. The van der Waals surface area contributed by atoms with Gasteiger partial charge in [-0.3, -0.25) is 4.79 Å². The molecular formula is C43H40N6O10. The first-order chi connectivity index (χ1) is 28.4. The molecule has 1 atom stereocenters. The predicted molar refractivity (Wildman–Crippen MR) is 213 cm³/mol. The number of cyclic esters (lactones) is 1. The molecule has 3 aliphatic rings. The van der Waals surface area contributed by atoms with Crippen LogP contribution in [0.25, 0.3) is 39.4 Å². The maximum absolute atomic E-state index is 13.9. The smallest absolute Gasteiger partial charge is 0.410 e. The number of esters is 1. The maximum atomic E-state index is 13.9. The molecule has 1 amide bonds. The summed E-state index contributed by atoms with van der Waals surface area (Å²) in [5.74, 6) is -0.256. The van der Waals surface area contributed by atoms with Crippen LogP contribution in [-0.4, -0.2) is 75.8 Å². The van der Waals surface area contributed by atoms with E-state index in [9.17, 15) is 34.5 Å². The highest BCUT2D eigenvalue weighted by Crippen LogP contribution is 2.40. The lowest BCUT2D eigenvalue weighted by molar-refractivity contribution is -0.158. The first-order valence-corrected chi connectivity index (χ1v) is 19.4. The predicted octanol–water partition coefficient (Wildman–Crippen LogP) is 5.55. The van der Waals surface area contributed by atoms with Gasteiger partial charge in [-0.15, -0.1) is 0 Å². The molecule has 3 aromatic heterocycles. The molecule has 1 fully saturated rings. The number of benzene rings is 3. The van der Waals surface area contributed by atoms with Crippen LogP contribution in [0, 0.1) is 0 Å². The molecular weight excluding hydrogens is 761 g/mol. The Morgan fingerprint density at radius 3 is 2.46 bits per heavy atom. The highest BCUT2D eigenvalue weighted by molar-refractivity contribution is 5.89. The van der Waals surface area contributed by atoms with E-state index in [1.807, 2.05) is 20.8 Å². The van der Waals surface area contributed by atoms with E-state index >= 15 is 0 Å². The minimum absolute atomic E-state index is 0.0453. The molecule has 302 valence electrons. The second-order valence-electron chi connectivity index (χ2n) is 15.3. The molecule has 0 spiro atoms. The lowest BCUT2D eigenvalue weighted by atomic mass is 9.97. The standard InChI is InChI=1S/C43H40N6O10/c1-4-26-28-15-23(50)7-10-33(28)44-37-31(26)19-48-34(37)17-29-32(40(48)53)20-57-41(54)38(29)59-43(56)47-13-11-25(12-14-47)58-24-8-5-22(6-9-24)49-39(45-46-42(49)55)30-16-27(21(2)3)35(51)18-36(30)52/h5-10,15-18,21,25,38,50-52H,4,11-14,19-20H2,1-3H3,(H,46,55)/t38-/m0/s1. The van der Waals surface area contributed by atoms with E-state index in [0.717, 1.165) is 16.5 Å². The number of phenolic OH excluding ortho intramolecular Hbond substituents is 3. The fourth-order valence-electron chi connectivity index (χ4n) is 8.35. The number of nitrogens with one attached hydrogen (secondary N) is 1. The molecule has 0 unspecified atom stereocenters. The number of aromatic nitrogens is 5. The fourth-order valence-corrected chi connectivity index (χ4v) is 8.35. The summed E-state index contributed by atoms with van der Waals surface area (Å²) < 4.78 is 20.3. The summed E-state index contributed by atoms with van der Waals surface area (Å²) in [6, 6.07) is 16.3. The number of aromatic amines is 1. The van der Waals surface area contributed by atoms with Crippen molar-refractivity contribution in [2.45, 2.75) is 71.3 Å². The third kappa shape index (κ3) is 6.40. The van der Waals surface area contributed by atoms with Gasteiger partial charge in [0.1, 0.15) is 35.7 Å². The topological polar surface area (TPSA) is 211 Å². The molecule has 9 rings (SSSR count). The minimum atomic E-state index is -1.44. The van der Waals surface area contributed by atoms with Gasteiger partial charge in [-0.25, -0.2) is 29.0 Å². The first kappa shape index (κ1) is 37.5. The van der Waals surface area contributed by atoms with E-state index in [0.29, 0.717) is 53.2 Å². The Balaban J connectivity index is 0.882. The first-order valence-electron chi connectivity index (χ1n) is 19.4. The molecule has 59 heavy (non-hydrogen) atoms. The molecule has 6 aromatic rings. The molecule has 6 heterocycles. The van der Waals surface area contributed by atoms with Gasteiger partial charge in [-0.2, -0.15) is 5.10 Å². The van der Waals surface area contributed by atoms with Crippen LogP contribution in [-0.2, 0) is 33.8 Å². The van der Waals surface area contributed by atoms with Crippen molar-refractivity contribution in [3.63, 3.8) is 0 Å². The zero-order valence-corrected chi connectivity index (χ0v) is 32.4. The van der Waals surface area contributed by atoms with Crippen LogP contribution >= 0.6 is 0 Å². The second kappa shape index (κ2) is 14.4. The summed E-state index contributed by atoms with van der Waals surface area (Å²) in [6.45, 7) is 6.40. The summed E-state index contributed by atoms with van der Waals surface area (Å²) in [7, 11) is 0. The van der Waals surface area contributed by atoms with Gasteiger partial charge >= 0.3 is 17.8 Å². The third-order valence-electron chi connectivity index (χ3n) is 11.4. The number of carbonyl (C=O) groups is 2. The molecule has 0 aliphatic carbocycles. The molecule has 3 aliphatic heterocycles. The number of nitrogens with zero attached hydrogens (tertiary/aromatic N) is 5. The van der Waals surface area contributed by atoms with Gasteiger partial charge in [0.15, 0.2) is 5.82 Å². The van der Waals surface area contributed by atoms with Gasteiger partial charge < -0.3 is 39.0 Å². The van der Waals surface area contributed by atoms with Crippen molar-refractivity contribution in [2.75, 3.05) is 13.1 Å². The molecule has 16 nitrogen and oxygen atoms in total. The number of amides is 1. The van der Waals surface area contributed by atoms with Crippen molar-refractivity contribution < 1.29 is 39.1 Å². The highest BCUT2D eigenvalue weighted by atomic mass is 16.6. The number of phenols is 3. The number of piperidine rings is 1. The van der Waals surface area contributed by atoms with E-state index in [-0.39, 0.29) is 83.6 Å². The fraction of sp³-hybridized carbons (Fsp3) is 0.302. The van der Waals surface area contributed by atoms with Crippen LogP contribution in [0.15, 0.2) is 70.3 Å². The Morgan fingerprint density at radius 2 is 1.73 bits per heavy atom. The minimum Gasteiger partial charge on any atom is -0.508 e. The number of hydrogen-bond acceptors (Lipinski definition) is 12. The number of ether oxygens (including phenoxy) is 3. The van der Waals surface area contributed by atoms with Crippen LogP contribution in [0.1, 0.15) is 73.5 Å². The zero-order chi connectivity index (χ0) is 41.3. The number of likely N-dealkylation sites (tertiary alicyclic amines) is 1. The normalized spacial score (nSPS) is 16.2. The second-order valence-corrected chi connectivity index (χ2v) is 15.3. The van der Waals surface area contributed by atoms with Crippen LogP contribution in [0.5, 0.6) is 23.0 Å². The number of rotatable bonds is 7. The van der Waals surface area contributed by atoms with Crippen molar-refractivity contribution in [2.24, 2.45) is 0 Å². The van der Waals surface area contributed by atoms with E-state index in [2.05, 4.69) is 10.2 Å². The summed E-state index contributed by atoms with van der Waals surface area (Å²) in [5.41, 5.74) is 4.61. The number of hydrogen-bond donors (Lipinski definition) is 4. The van der Waals surface area contributed by atoms with Crippen LogP contribution in [0.3, 0.4) is 0 Å². The van der Waals surface area contributed by atoms with Gasteiger partial charge in [0.05, 0.1) is 40.3 Å². The van der Waals surface area contributed by atoms with Gasteiger partial charge in [-0.05, 0) is 78.1 Å². The molecule has 3 aromatic carbocycles. The number of fused-ring (bicyclic) bond motifs is 5. The van der Waals surface area contributed by atoms with Gasteiger partial charge in [0.2, 0.25) is 6.10 Å². The number of carbonyl (C=O) groups excluding carboxylic acids is 2. The average molecular weight is 801 g/mol. The van der Waals surface area contributed by atoms with E-state index in [4.69, 9.17) is 19.2 Å². The molecule has 4 N–H and O–H groups in total. The summed E-state index contributed by atoms with van der Waals surface area (Å²) in [5, 5.41) is 38.5. The number of aromatic hydroxyl groups is 3. The van der Waals surface area contributed by atoms with Crippen molar-refractivity contribution >= 4 is 23.0 Å². The van der Waals surface area contributed by atoms with Crippen molar-refractivity contribution in [1.82, 2.24) is 29.2 Å². The molecule has 0 bridgehead atoms. The van der Waals surface area contributed by atoms with E-state index in [1.54, 1.807) is 59.2 Å². The SMILES string of the molecule is CCc1c2c(nc3ccc(O)cc13)-c1cc3c(c(=O)n1C2)COC(=O)[C@H]3OC(=O)N1CCC(Oc2ccc(-n3c(-c4cc(C(C)C)c(O)cc4O)n[nH]c3=O)cc2)CC1. The quantitative estimate of drug-likeness (QED) is 0.146. The van der Waals surface area contributed by atoms with Gasteiger partial charge in [0.25, 0.3) is 5.56 Å². The Morgan fingerprint density at radius 1 is 0.966 bits per heavy atom. The number of H-pyrrole nitrogens is 1. The molecule has 0 saturated carbocycles. The summed E-state index contributed by atoms with van der Waals surface area (Å²) >= 11 is 0. The van der Waals surface area contributed by atoms with Crippen LogP contribution < -0.4 is 16.0 Å². The number of aryl methyl sites for hydroxylation is 1.